The molecule has 0 amide bonds. The highest BCUT2D eigenvalue weighted by atomic mass is 31.2. The van der Waals surface area contributed by atoms with Crippen LogP contribution in [0.25, 0.3) is 0 Å². The summed E-state index contributed by atoms with van der Waals surface area (Å²) in [5.41, 5.74) is 0. The molecule has 0 aliphatic carbocycles. The van der Waals surface area contributed by atoms with Gasteiger partial charge in [0.25, 0.3) is 0 Å². The molecule has 0 aliphatic heterocycles. The average Bonchev–Trinajstić information content (AvgIpc) is 1.72. The zero-order valence-electron chi connectivity index (χ0n) is 62.3. The highest BCUT2D eigenvalue weighted by Crippen LogP contribution is 2.45. The monoisotopic (exact) mass is 1400 g/mol. The maximum Gasteiger partial charge on any atom is 0.472 e. The first-order valence-corrected chi connectivity index (χ1v) is 42.2. The number of phosphoric acid groups is 2. The Morgan fingerprint density at radius 3 is 0.747 bits per heavy atom. The van der Waals surface area contributed by atoms with Crippen LogP contribution in [0.3, 0.4) is 0 Å². The maximum absolute atomic E-state index is 13.1. The first-order valence-electron chi connectivity index (χ1n) is 39.2. The number of aliphatic hydroxyl groups excluding tert-OH is 1. The van der Waals surface area contributed by atoms with Crippen molar-refractivity contribution in [2.45, 2.75) is 401 Å². The second-order valence-corrected chi connectivity index (χ2v) is 32.0. The van der Waals surface area contributed by atoms with Crippen LogP contribution in [0.1, 0.15) is 383 Å². The standard InChI is InChI=1S/C76H148O17P2/c1-9-69(8)55-47-39-31-23-17-18-26-35-43-51-59-76(81)93-72(63-87-74(79)57-49-41-33-27-19-22-30-38-46-54-68(6)7)65-91-95(84,85)89-61-70(77)60-88-94(82,83)90-64-71(62-86-73(78)56-48-40-32-24-16-12-14-21-29-37-45-53-67(4)5)92-75(80)58-50-42-34-25-15-11-10-13-20-28-36-44-52-66(2)3/h66-72,77H,9-65H2,1-8H3,(H,82,83)(H,84,85)/t69?,70-,71-,72-/m1/s1. The van der Waals surface area contributed by atoms with Gasteiger partial charge in [0.2, 0.25) is 0 Å². The summed E-state index contributed by atoms with van der Waals surface area (Å²) in [7, 11) is -9.92. The van der Waals surface area contributed by atoms with E-state index in [0.717, 1.165) is 114 Å². The Hall–Kier alpha value is -1.94. The van der Waals surface area contributed by atoms with Crippen LogP contribution in [0.4, 0.5) is 0 Å². The molecule has 564 valence electrons. The molecule has 0 aromatic heterocycles. The van der Waals surface area contributed by atoms with Gasteiger partial charge in [-0.3, -0.25) is 37.3 Å². The molecule has 19 heteroatoms. The van der Waals surface area contributed by atoms with Crippen LogP contribution in [-0.4, -0.2) is 96.7 Å². The molecule has 0 rings (SSSR count). The van der Waals surface area contributed by atoms with Gasteiger partial charge in [0.1, 0.15) is 19.3 Å². The van der Waals surface area contributed by atoms with E-state index in [9.17, 15) is 43.2 Å². The number of rotatable bonds is 73. The van der Waals surface area contributed by atoms with Gasteiger partial charge in [-0.25, -0.2) is 9.13 Å². The lowest BCUT2D eigenvalue weighted by atomic mass is 9.99. The van der Waals surface area contributed by atoms with Gasteiger partial charge in [-0.05, 0) is 49.4 Å². The molecule has 0 aliphatic rings. The lowest BCUT2D eigenvalue weighted by molar-refractivity contribution is -0.161. The van der Waals surface area contributed by atoms with Gasteiger partial charge < -0.3 is 33.8 Å². The summed E-state index contributed by atoms with van der Waals surface area (Å²) < 4.78 is 68.6. The van der Waals surface area contributed by atoms with E-state index in [1.165, 1.54) is 186 Å². The fourth-order valence-corrected chi connectivity index (χ4v) is 13.1. The number of carbonyl (C=O) groups is 4. The number of ether oxygens (including phenoxy) is 4. The molecule has 3 unspecified atom stereocenters. The summed E-state index contributed by atoms with van der Waals surface area (Å²) in [5, 5.41) is 10.6. The summed E-state index contributed by atoms with van der Waals surface area (Å²) in [6.07, 6.45) is 49.8. The van der Waals surface area contributed by atoms with Gasteiger partial charge in [-0.2, -0.15) is 0 Å². The predicted molar refractivity (Wildman–Crippen MR) is 386 cm³/mol. The smallest absolute Gasteiger partial charge is 0.462 e. The molecule has 0 spiro atoms. The highest BCUT2D eigenvalue weighted by Gasteiger charge is 2.30. The van der Waals surface area contributed by atoms with Crippen LogP contribution < -0.4 is 0 Å². The third-order valence-electron chi connectivity index (χ3n) is 17.9. The van der Waals surface area contributed by atoms with Gasteiger partial charge in [0.15, 0.2) is 12.2 Å². The summed E-state index contributed by atoms with van der Waals surface area (Å²) >= 11 is 0. The van der Waals surface area contributed by atoms with E-state index >= 15 is 0 Å². The van der Waals surface area contributed by atoms with E-state index in [-0.39, 0.29) is 25.7 Å². The maximum atomic E-state index is 13.1. The summed E-state index contributed by atoms with van der Waals surface area (Å²) in [5.74, 6) is 0.975. The van der Waals surface area contributed by atoms with Crippen molar-refractivity contribution in [1.82, 2.24) is 0 Å². The third-order valence-corrected chi connectivity index (χ3v) is 19.8. The number of unbranched alkanes of at least 4 members (excludes halogenated alkanes) is 38. The van der Waals surface area contributed by atoms with Crippen LogP contribution in [0.2, 0.25) is 0 Å². The van der Waals surface area contributed by atoms with Crippen molar-refractivity contribution in [2.75, 3.05) is 39.6 Å². The number of hydrogen-bond acceptors (Lipinski definition) is 15. The number of phosphoric ester groups is 2. The molecule has 0 radical (unpaired) electrons. The fraction of sp³-hybridized carbons (Fsp3) is 0.947. The molecule has 0 aromatic rings. The minimum Gasteiger partial charge on any atom is -0.462 e. The van der Waals surface area contributed by atoms with E-state index in [1.807, 2.05) is 0 Å². The van der Waals surface area contributed by atoms with Gasteiger partial charge >= 0.3 is 39.5 Å². The zero-order chi connectivity index (χ0) is 70.3. The van der Waals surface area contributed by atoms with E-state index in [0.29, 0.717) is 25.7 Å². The molecule has 0 saturated carbocycles. The van der Waals surface area contributed by atoms with Crippen LogP contribution >= 0.6 is 15.6 Å². The first-order chi connectivity index (χ1) is 45.6. The molecular weight excluding hydrogens is 1250 g/mol. The molecular formula is C76H148O17P2. The van der Waals surface area contributed by atoms with E-state index < -0.39 is 97.5 Å². The van der Waals surface area contributed by atoms with Crippen molar-refractivity contribution in [3.8, 4) is 0 Å². The highest BCUT2D eigenvalue weighted by molar-refractivity contribution is 7.47. The molecule has 0 saturated heterocycles. The Morgan fingerprint density at radius 2 is 0.505 bits per heavy atom. The first kappa shape index (κ1) is 93.1. The SMILES string of the molecule is CCC(C)CCCCCCCCCCCCC(=O)O[C@H](COC(=O)CCCCCCCCCCCC(C)C)COP(=O)(O)OC[C@H](O)COP(=O)(O)OC[C@@H](COC(=O)CCCCCCCCCCCCCC(C)C)OC(=O)CCCCCCCCCCCCCCC(C)C. The fourth-order valence-electron chi connectivity index (χ4n) is 11.5. The van der Waals surface area contributed by atoms with Crippen molar-refractivity contribution in [3.05, 3.63) is 0 Å². The van der Waals surface area contributed by atoms with Gasteiger partial charge in [-0.15, -0.1) is 0 Å². The Balaban J connectivity index is 5.28. The largest absolute Gasteiger partial charge is 0.472 e. The molecule has 0 fully saturated rings. The number of aliphatic hydroxyl groups is 1. The lowest BCUT2D eigenvalue weighted by Crippen LogP contribution is -2.30. The van der Waals surface area contributed by atoms with E-state index in [1.54, 1.807) is 0 Å². The van der Waals surface area contributed by atoms with Crippen LogP contribution in [0.5, 0.6) is 0 Å². The zero-order valence-corrected chi connectivity index (χ0v) is 64.1. The van der Waals surface area contributed by atoms with Crippen molar-refractivity contribution >= 4 is 39.5 Å². The van der Waals surface area contributed by atoms with E-state index in [4.69, 9.17) is 37.0 Å². The Morgan fingerprint density at radius 1 is 0.295 bits per heavy atom. The van der Waals surface area contributed by atoms with Crippen molar-refractivity contribution < 1.29 is 80.2 Å². The topological polar surface area (TPSA) is 237 Å². The molecule has 0 bridgehead atoms. The van der Waals surface area contributed by atoms with Gasteiger partial charge in [0.05, 0.1) is 26.4 Å². The Labute approximate surface area is 581 Å². The van der Waals surface area contributed by atoms with Crippen molar-refractivity contribution in [3.63, 3.8) is 0 Å². The van der Waals surface area contributed by atoms with Gasteiger partial charge in [-0.1, -0.05) is 331 Å². The number of hydrogen-bond donors (Lipinski definition) is 3. The third kappa shape index (κ3) is 69.0. The molecule has 3 N–H and O–H groups in total. The molecule has 0 aromatic carbocycles. The summed E-state index contributed by atoms with van der Waals surface area (Å²) in [6, 6.07) is 0. The van der Waals surface area contributed by atoms with Crippen LogP contribution in [0.15, 0.2) is 0 Å². The Kier molecular flexibility index (Phi) is 64.0. The molecule has 6 atom stereocenters. The number of esters is 4. The quantitative estimate of drug-likeness (QED) is 0.0222. The minimum absolute atomic E-state index is 0.105. The summed E-state index contributed by atoms with van der Waals surface area (Å²) in [4.78, 5) is 72.9. The minimum atomic E-state index is -4.96. The second-order valence-electron chi connectivity index (χ2n) is 29.1. The van der Waals surface area contributed by atoms with E-state index in [2.05, 4.69) is 55.4 Å². The van der Waals surface area contributed by atoms with Crippen molar-refractivity contribution in [1.29, 1.82) is 0 Å². The van der Waals surface area contributed by atoms with Crippen molar-refractivity contribution in [2.24, 2.45) is 23.7 Å². The molecule has 95 heavy (non-hydrogen) atoms. The van der Waals surface area contributed by atoms with Crippen LogP contribution in [0, 0.1) is 23.7 Å². The second kappa shape index (κ2) is 65.4. The van der Waals surface area contributed by atoms with Crippen LogP contribution in [-0.2, 0) is 65.4 Å². The molecule has 0 heterocycles. The predicted octanol–water partition coefficient (Wildman–Crippen LogP) is 22.0. The normalized spacial score (nSPS) is 14.4. The number of carbonyl (C=O) groups excluding carboxylic acids is 4. The summed E-state index contributed by atoms with van der Waals surface area (Å²) in [6.45, 7) is 14.2. The van der Waals surface area contributed by atoms with Gasteiger partial charge in [0, 0.05) is 25.7 Å². The Bertz CT molecular complexity index is 1870. The average molecular weight is 1400 g/mol. The molecule has 17 nitrogen and oxygen atoms in total. The lowest BCUT2D eigenvalue weighted by Gasteiger charge is -2.21.